The molecule has 0 bridgehead atoms. The van der Waals surface area contributed by atoms with Gasteiger partial charge in [-0.3, -0.25) is 4.79 Å². The number of benzene rings is 2. The summed E-state index contributed by atoms with van der Waals surface area (Å²) in [7, 11) is 0. The van der Waals surface area contributed by atoms with Crippen molar-refractivity contribution in [3.8, 4) is 0 Å². The Morgan fingerprint density at radius 3 is 2.52 bits per heavy atom. The van der Waals surface area contributed by atoms with Crippen molar-refractivity contribution in [1.82, 2.24) is 4.90 Å². The number of nitrogens with one attached hydrogen (secondary N) is 2. The van der Waals surface area contributed by atoms with E-state index in [0.717, 1.165) is 48.6 Å². The van der Waals surface area contributed by atoms with E-state index in [2.05, 4.69) is 21.6 Å². The molecule has 0 aromatic heterocycles. The maximum absolute atomic E-state index is 13.1. The molecule has 2 aromatic rings. The molecule has 6 nitrogen and oxygen atoms in total. The van der Waals surface area contributed by atoms with Crippen molar-refractivity contribution in [1.29, 1.82) is 0 Å². The molecule has 0 spiro atoms. The SMILES string of the molecule is Cc1cccc(NC(=O)N2CCCC(C(=O)Nc3ccccc3N3CCCCC3)C2)c1. The van der Waals surface area contributed by atoms with Gasteiger partial charge in [0.2, 0.25) is 5.91 Å². The van der Waals surface area contributed by atoms with Crippen LogP contribution in [0.25, 0.3) is 0 Å². The molecule has 2 aliphatic rings. The summed E-state index contributed by atoms with van der Waals surface area (Å²) in [6.07, 6.45) is 5.28. The molecule has 2 heterocycles. The number of hydrogen-bond acceptors (Lipinski definition) is 3. The number of nitrogens with zero attached hydrogens (tertiary/aromatic N) is 2. The number of likely N-dealkylation sites (tertiary alicyclic amines) is 1. The van der Waals surface area contributed by atoms with Crippen LogP contribution in [0.5, 0.6) is 0 Å². The third-order valence-corrected chi connectivity index (χ3v) is 6.21. The Morgan fingerprint density at radius 2 is 1.71 bits per heavy atom. The Morgan fingerprint density at radius 1 is 0.903 bits per heavy atom. The second kappa shape index (κ2) is 9.86. The van der Waals surface area contributed by atoms with Gasteiger partial charge in [-0.25, -0.2) is 4.79 Å². The van der Waals surface area contributed by atoms with Crippen LogP contribution >= 0.6 is 0 Å². The molecule has 0 saturated carbocycles. The van der Waals surface area contributed by atoms with Crippen molar-refractivity contribution in [3.05, 3.63) is 54.1 Å². The number of amides is 3. The molecular formula is C25H32N4O2. The Kier molecular flexibility index (Phi) is 6.75. The van der Waals surface area contributed by atoms with E-state index >= 15 is 0 Å². The fourth-order valence-electron chi connectivity index (χ4n) is 4.53. The average Bonchev–Trinajstić information content (AvgIpc) is 2.80. The molecule has 4 rings (SSSR count). The van der Waals surface area contributed by atoms with Gasteiger partial charge in [0.1, 0.15) is 0 Å². The predicted molar refractivity (Wildman–Crippen MR) is 126 cm³/mol. The summed E-state index contributed by atoms with van der Waals surface area (Å²) in [4.78, 5) is 29.9. The largest absolute Gasteiger partial charge is 0.370 e. The van der Waals surface area contributed by atoms with Crippen molar-refractivity contribution in [2.75, 3.05) is 41.7 Å². The molecule has 2 saturated heterocycles. The van der Waals surface area contributed by atoms with Crippen molar-refractivity contribution >= 4 is 29.0 Å². The highest BCUT2D eigenvalue weighted by atomic mass is 16.2. The molecule has 2 aromatic carbocycles. The maximum Gasteiger partial charge on any atom is 0.321 e. The Bertz CT molecular complexity index is 923. The van der Waals surface area contributed by atoms with Crippen LogP contribution in [-0.4, -0.2) is 43.0 Å². The monoisotopic (exact) mass is 420 g/mol. The number of aryl methyl sites for hydroxylation is 1. The number of rotatable bonds is 4. The second-order valence-electron chi connectivity index (χ2n) is 8.64. The number of carbonyl (C=O) groups is 2. The van der Waals surface area contributed by atoms with Crippen LogP contribution in [-0.2, 0) is 4.79 Å². The predicted octanol–water partition coefficient (Wildman–Crippen LogP) is 4.87. The molecule has 2 fully saturated rings. The Hall–Kier alpha value is -3.02. The van der Waals surface area contributed by atoms with Gasteiger partial charge in [0, 0.05) is 31.9 Å². The summed E-state index contributed by atoms with van der Waals surface area (Å²) in [5, 5.41) is 6.12. The van der Waals surface area contributed by atoms with Gasteiger partial charge in [-0.05, 0) is 68.9 Å². The fraction of sp³-hybridized carbons (Fsp3) is 0.440. The van der Waals surface area contributed by atoms with Crippen molar-refractivity contribution in [3.63, 3.8) is 0 Å². The second-order valence-corrected chi connectivity index (χ2v) is 8.64. The van der Waals surface area contributed by atoms with Crippen LogP contribution in [0.1, 0.15) is 37.7 Å². The first-order valence-corrected chi connectivity index (χ1v) is 11.4. The minimum atomic E-state index is -0.202. The molecular weight excluding hydrogens is 388 g/mol. The lowest BCUT2D eigenvalue weighted by Crippen LogP contribution is -2.45. The molecule has 3 amide bonds. The van der Waals surface area contributed by atoms with E-state index in [1.54, 1.807) is 4.90 Å². The van der Waals surface area contributed by atoms with Crippen LogP contribution in [0.2, 0.25) is 0 Å². The Labute approximate surface area is 184 Å². The Balaban J connectivity index is 1.38. The third-order valence-electron chi connectivity index (χ3n) is 6.21. The molecule has 2 N–H and O–H groups in total. The fourth-order valence-corrected chi connectivity index (χ4v) is 4.53. The summed E-state index contributed by atoms with van der Waals surface area (Å²) < 4.78 is 0. The number of anilines is 3. The first-order chi connectivity index (χ1) is 15.1. The highest BCUT2D eigenvalue weighted by molar-refractivity contribution is 5.97. The van der Waals surface area contributed by atoms with Crippen LogP contribution in [0, 0.1) is 12.8 Å². The van der Waals surface area contributed by atoms with E-state index in [4.69, 9.17) is 0 Å². The molecule has 164 valence electrons. The molecule has 6 heteroatoms. The summed E-state index contributed by atoms with van der Waals surface area (Å²) >= 11 is 0. The summed E-state index contributed by atoms with van der Waals surface area (Å²) in [5.74, 6) is -0.205. The average molecular weight is 421 g/mol. The molecule has 1 atom stereocenters. The van der Waals surface area contributed by atoms with Crippen LogP contribution in [0.4, 0.5) is 21.9 Å². The summed E-state index contributed by atoms with van der Waals surface area (Å²) in [6, 6.07) is 15.7. The topological polar surface area (TPSA) is 64.7 Å². The van der Waals surface area contributed by atoms with Gasteiger partial charge in [-0.15, -0.1) is 0 Å². The molecule has 1 unspecified atom stereocenters. The standard InChI is InChI=1S/C25H32N4O2/c1-19-9-7-11-21(17-19)26-25(31)29-16-8-10-20(18-29)24(30)27-22-12-3-4-13-23(22)28-14-5-2-6-15-28/h3-4,7,9,11-13,17,20H,2,5-6,8,10,14-16,18H2,1H3,(H,26,31)(H,27,30). The number of hydrogen-bond donors (Lipinski definition) is 2. The minimum Gasteiger partial charge on any atom is -0.370 e. The van der Waals surface area contributed by atoms with Gasteiger partial charge in [-0.2, -0.15) is 0 Å². The lowest BCUT2D eigenvalue weighted by molar-refractivity contribution is -0.121. The molecule has 2 aliphatic heterocycles. The number of para-hydroxylation sites is 2. The smallest absolute Gasteiger partial charge is 0.321 e. The van der Waals surface area contributed by atoms with Gasteiger partial charge < -0.3 is 20.4 Å². The lowest BCUT2D eigenvalue weighted by Gasteiger charge is -2.33. The molecule has 31 heavy (non-hydrogen) atoms. The zero-order valence-corrected chi connectivity index (χ0v) is 18.3. The molecule has 0 radical (unpaired) electrons. The van der Waals surface area contributed by atoms with E-state index in [0.29, 0.717) is 13.1 Å². The van der Waals surface area contributed by atoms with E-state index < -0.39 is 0 Å². The van der Waals surface area contributed by atoms with Crippen molar-refractivity contribution < 1.29 is 9.59 Å². The third kappa shape index (κ3) is 5.37. The highest BCUT2D eigenvalue weighted by Crippen LogP contribution is 2.29. The van der Waals surface area contributed by atoms with Gasteiger partial charge in [0.25, 0.3) is 0 Å². The number of urea groups is 1. The van der Waals surface area contributed by atoms with Crippen LogP contribution < -0.4 is 15.5 Å². The number of piperidine rings is 2. The van der Waals surface area contributed by atoms with Gasteiger partial charge in [0.05, 0.1) is 17.3 Å². The first kappa shape index (κ1) is 21.2. The highest BCUT2D eigenvalue weighted by Gasteiger charge is 2.29. The van der Waals surface area contributed by atoms with E-state index in [9.17, 15) is 9.59 Å². The molecule has 0 aliphatic carbocycles. The maximum atomic E-state index is 13.1. The van der Waals surface area contributed by atoms with E-state index in [1.165, 1.54) is 19.3 Å². The first-order valence-electron chi connectivity index (χ1n) is 11.4. The van der Waals surface area contributed by atoms with Crippen LogP contribution in [0.3, 0.4) is 0 Å². The van der Waals surface area contributed by atoms with E-state index in [1.807, 2.05) is 49.4 Å². The zero-order valence-electron chi connectivity index (χ0n) is 18.3. The van der Waals surface area contributed by atoms with Crippen molar-refractivity contribution in [2.24, 2.45) is 5.92 Å². The summed E-state index contributed by atoms with van der Waals surface area (Å²) in [5.41, 5.74) is 3.85. The lowest BCUT2D eigenvalue weighted by atomic mass is 9.97. The van der Waals surface area contributed by atoms with E-state index in [-0.39, 0.29) is 17.9 Å². The van der Waals surface area contributed by atoms with Crippen molar-refractivity contribution in [2.45, 2.75) is 39.0 Å². The number of carbonyl (C=O) groups excluding carboxylic acids is 2. The quantitative estimate of drug-likeness (QED) is 0.742. The minimum absolute atomic E-state index is 0.00230. The summed E-state index contributed by atoms with van der Waals surface area (Å²) in [6.45, 7) is 5.17. The van der Waals surface area contributed by atoms with Gasteiger partial charge in [-0.1, -0.05) is 24.3 Å². The van der Waals surface area contributed by atoms with Gasteiger partial charge in [0.15, 0.2) is 0 Å². The normalized spacial score (nSPS) is 19.1. The van der Waals surface area contributed by atoms with Crippen LogP contribution in [0.15, 0.2) is 48.5 Å². The zero-order chi connectivity index (χ0) is 21.6. The van der Waals surface area contributed by atoms with Gasteiger partial charge >= 0.3 is 6.03 Å².